The highest BCUT2D eigenvalue weighted by molar-refractivity contribution is 5.86. The summed E-state index contributed by atoms with van der Waals surface area (Å²) in [5.41, 5.74) is 13.3. The Bertz CT molecular complexity index is 1240. The van der Waals surface area contributed by atoms with Crippen molar-refractivity contribution in [2.45, 2.75) is 18.8 Å². The van der Waals surface area contributed by atoms with Gasteiger partial charge in [-0.2, -0.15) is 0 Å². The van der Waals surface area contributed by atoms with E-state index in [1.807, 2.05) is 47.2 Å². The smallest absolute Gasteiger partial charge is 0.147 e. The Morgan fingerprint density at radius 1 is 1.20 bits per heavy atom. The molecule has 4 heterocycles. The van der Waals surface area contributed by atoms with Gasteiger partial charge in [-0.15, -0.1) is 6.58 Å². The highest BCUT2D eigenvalue weighted by Crippen LogP contribution is 2.36. The lowest BCUT2D eigenvalue weighted by molar-refractivity contribution is -0.0205. The van der Waals surface area contributed by atoms with Gasteiger partial charge in [-0.3, -0.25) is 0 Å². The van der Waals surface area contributed by atoms with Crippen LogP contribution in [0, 0.1) is 5.92 Å². The van der Waals surface area contributed by atoms with Crippen LogP contribution in [0.25, 0.3) is 21.9 Å². The van der Waals surface area contributed by atoms with Gasteiger partial charge in [0, 0.05) is 30.0 Å². The summed E-state index contributed by atoms with van der Waals surface area (Å²) >= 11 is 0. The van der Waals surface area contributed by atoms with Gasteiger partial charge in [0.15, 0.2) is 0 Å². The Morgan fingerprint density at radius 3 is 2.93 bits per heavy atom. The first-order chi connectivity index (χ1) is 14.6. The lowest BCUT2D eigenvalue weighted by atomic mass is 10.0. The van der Waals surface area contributed by atoms with Gasteiger partial charge in [0.1, 0.15) is 48.3 Å². The molecule has 1 fully saturated rings. The fraction of sp³-hybridized carbons (Fsp3) is 0.227. The average Bonchev–Trinajstić information content (AvgIpc) is 3.36. The number of aromatic nitrogens is 4. The zero-order valence-electron chi connectivity index (χ0n) is 16.3. The standard InChI is InChI=1S/C22H22N6O2/c1-2-13-9-20(28-8-7-16-21(24)25-12-26-22(16)28)30-18(13)11-29-15-5-3-14-4-6-19(23)27-17(14)10-15/h2-8,10,12-13,18,20H,1,9,11H2,(H2,23,27)(H2,24,25,26). The Kier molecular flexibility index (Phi) is 4.48. The van der Waals surface area contributed by atoms with Crippen LogP contribution in [0.15, 0.2) is 61.6 Å². The quantitative estimate of drug-likeness (QED) is 0.492. The van der Waals surface area contributed by atoms with Crippen LogP contribution in [0.5, 0.6) is 5.75 Å². The number of hydrogen-bond acceptors (Lipinski definition) is 7. The highest BCUT2D eigenvalue weighted by Gasteiger charge is 2.35. The molecule has 3 unspecified atom stereocenters. The van der Waals surface area contributed by atoms with E-state index in [4.69, 9.17) is 20.9 Å². The molecule has 0 bridgehead atoms. The second kappa shape index (κ2) is 7.31. The molecule has 4 aromatic rings. The Morgan fingerprint density at radius 2 is 2.07 bits per heavy atom. The molecule has 4 N–H and O–H groups in total. The van der Waals surface area contributed by atoms with Crippen molar-refractivity contribution in [1.29, 1.82) is 0 Å². The maximum atomic E-state index is 6.32. The van der Waals surface area contributed by atoms with Crippen molar-refractivity contribution in [2.24, 2.45) is 5.92 Å². The van der Waals surface area contributed by atoms with Gasteiger partial charge >= 0.3 is 0 Å². The number of fused-ring (bicyclic) bond motifs is 2. The maximum absolute atomic E-state index is 6.32. The molecule has 0 amide bonds. The Labute approximate surface area is 173 Å². The fourth-order valence-corrected chi connectivity index (χ4v) is 3.94. The van der Waals surface area contributed by atoms with Gasteiger partial charge in [-0.1, -0.05) is 6.08 Å². The van der Waals surface area contributed by atoms with Gasteiger partial charge in [0.25, 0.3) is 0 Å². The Balaban J connectivity index is 1.33. The van der Waals surface area contributed by atoms with Crippen LogP contribution in [-0.4, -0.2) is 32.2 Å². The summed E-state index contributed by atoms with van der Waals surface area (Å²) in [7, 11) is 0. The predicted molar refractivity (Wildman–Crippen MR) is 116 cm³/mol. The zero-order valence-corrected chi connectivity index (χ0v) is 16.3. The third-order valence-electron chi connectivity index (χ3n) is 5.54. The van der Waals surface area contributed by atoms with Crippen molar-refractivity contribution in [3.05, 3.63) is 61.6 Å². The van der Waals surface area contributed by atoms with Crippen molar-refractivity contribution < 1.29 is 9.47 Å². The molecule has 5 rings (SSSR count). The van der Waals surface area contributed by atoms with Crippen molar-refractivity contribution in [2.75, 3.05) is 18.1 Å². The normalized spacial score (nSPS) is 21.3. The predicted octanol–water partition coefficient (Wildman–Crippen LogP) is 3.31. The molecule has 8 heteroatoms. The zero-order chi connectivity index (χ0) is 20.7. The average molecular weight is 402 g/mol. The number of benzene rings is 1. The van der Waals surface area contributed by atoms with Crippen molar-refractivity contribution in [3.63, 3.8) is 0 Å². The van der Waals surface area contributed by atoms with E-state index in [2.05, 4.69) is 21.5 Å². The largest absolute Gasteiger partial charge is 0.491 e. The third-order valence-corrected chi connectivity index (χ3v) is 5.54. The molecular weight excluding hydrogens is 380 g/mol. The van der Waals surface area contributed by atoms with E-state index in [-0.39, 0.29) is 18.2 Å². The van der Waals surface area contributed by atoms with Crippen LogP contribution in [0.1, 0.15) is 12.6 Å². The second-order valence-corrected chi connectivity index (χ2v) is 7.39. The van der Waals surface area contributed by atoms with Gasteiger partial charge in [-0.25, -0.2) is 15.0 Å². The maximum Gasteiger partial charge on any atom is 0.147 e. The van der Waals surface area contributed by atoms with E-state index in [1.54, 1.807) is 6.07 Å². The molecule has 0 aliphatic carbocycles. The number of rotatable bonds is 5. The molecule has 0 saturated carbocycles. The summed E-state index contributed by atoms with van der Waals surface area (Å²) < 4.78 is 14.3. The van der Waals surface area contributed by atoms with Crippen molar-refractivity contribution in [1.82, 2.24) is 19.5 Å². The number of pyridine rings is 1. The van der Waals surface area contributed by atoms with E-state index in [9.17, 15) is 0 Å². The highest BCUT2D eigenvalue weighted by atomic mass is 16.6. The van der Waals surface area contributed by atoms with E-state index in [0.29, 0.717) is 18.2 Å². The van der Waals surface area contributed by atoms with E-state index < -0.39 is 0 Å². The molecule has 8 nitrogen and oxygen atoms in total. The molecule has 0 radical (unpaired) electrons. The monoisotopic (exact) mass is 402 g/mol. The van der Waals surface area contributed by atoms with E-state index in [0.717, 1.165) is 34.1 Å². The first kappa shape index (κ1) is 18.4. The molecule has 1 aliphatic rings. The molecule has 1 saturated heterocycles. The summed E-state index contributed by atoms with van der Waals surface area (Å²) in [4.78, 5) is 12.8. The van der Waals surface area contributed by atoms with Crippen molar-refractivity contribution in [3.8, 4) is 5.75 Å². The topological polar surface area (TPSA) is 114 Å². The molecule has 30 heavy (non-hydrogen) atoms. The molecular formula is C22H22N6O2. The van der Waals surface area contributed by atoms with Gasteiger partial charge in [-0.05, 0) is 30.3 Å². The first-order valence-corrected chi connectivity index (χ1v) is 9.76. The number of anilines is 2. The van der Waals surface area contributed by atoms with Crippen molar-refractivity contribution >= 4 is 33.6 Å². The van der Waals surface area contributed by atoms with E-state index >= 15 is 0 Å². The van der Waals surface area contributed by atoms with Crippen LogP contribution < -0.4 is 16.2 Å². The summed E-state index contributed by atoms with van der Waals surface area (Å²) in [6.07, 6.45) is 5.80. The number of ether oxygens (including phenoxy) is 2. The minimum atomic E-state index is -0.175. The van der Waals surface area contributed by atoms with Gasteiger partial charge in [0.2, 0.25) is 0 Å². The first-order valence-electron chi connectivity index (χ1n) is 9.76. The molecule has 1 aliphatic heterocycles. The van der Waals surface area contributed by atoms with Crippen LogP contribution in [0.3, 0.4) is 0 Å². The fourth-order valence-electron chi connectivity index (χ4n) is 3.94. The molecule has 3 aromatic heterocycles. The summed E-state index contributed by atoms with van der Waals surface area (Å²) in [5.74, 6) is 1.82. The van der Waals surface area contributed by atoms with Crippen LogP contribution in [-0.2, 0) is 4.74 Å². The van der Waals surface area contributed by atoms with E-state index in [1.165, 1.54) is 6.33 Å². The molecule has 3 atom stereocenters. The minimum Gasteiger partial charge on any atom is -0.491 e. The lowest BCUT2D eigenvalue weighted by Crippen LogP contribution is -2.23. The number of nitrogens with zero attached hydrogens (tertiary/aromatic N) is 4. The summed E-state index contributed by atoms with van der Waals surface area (Å²) in [6.45, 7) is 4.38. The number of nitrogens with two attached hydrogens (primary N) is 2. The third kappa shape index (κ3) is 3.21. The SMILES string of the molecule is C=CC1CC(n2ccc3c(N)ncnc32)OC1COc1ccc2ccc(N)nc2c1. The summed E-state index contributed by atoms with van der Waals surface area (Å²) in [6, 6.07) is 11.4. The Hall–Kier alpha value is -3.65. The minimum absolute atomic E-state index is 0.131. The van der Waals surface area contributed by atoms with Crippen LogP contribution >= 0.6 is 0 Å². The van der Waals surface area contributed by atoms with Crippen LogP contribution in [0.4, 0.5) is 11.6 Å². The van der Waals surface area contributed by atoms with Gasteiger partial charge in [0.05, 0.1) is 10.9 Å². The second-order valence-electron chi connectivity index (χ2n) is 7.39. The lowest BCUT2D eigenvalue weighted by Gasteiger charge is -2.18. The van der Waals surface area contributed by atoms with Gasteiger partial charge < -0.3 is 25.5 Å². The molecule has 152 valence electrons. The number of hydrogen-bond donors (Lipinski definition) is 2. The molecule has 1 aromatic carbocycles. The van der Waals surface area contributed by atoms with Crippen LogP contribution in [0.2, 0.25) is 0 Å². The molecule has 0 spiro atoms. The summed E-state index contributed by atoms with van der Waals surface area (Å²) in [5, 5.41) is 1.83. The number of nitrogen functional groups attached to an aromatic ring is 2.